The maximum absolute atomic E-state index is 12.4. The minimum absolute atomic E-state index is 0.235. The fourth-order valence-corrected chi connectivity index (χ4v) is 2.02. The van der Waals surface area contributed by atoms with Gasteiger partial charge in [0, 0.05) is 12.3 Å². The maximum atomic E-state index is 12.4. The molecule has 0 atom stereocenters. The summed E-state index contributed by atoms with van der Waals surface area (Å²) in [5.74, 6) is -0.367. The molecule has 0 saturated carbocycles. The standard InChI is InChI=1S/C17H19N3O4/c1-4-24-17(22)12-8-14(11(2)18-9-12)16(21)19-10-13-6-5-7-15(20-13)23-3/h5-9H,4,10H2,1-3H3,(H,19,21). The monoisotopic (exact) mass is 329 g/mol. The second kappa shape index (κ2) is 8.05. The van der Waals surface area contributed by atoms with Crippen LogP contribution in [-0.4, -0.2) is 35.6 Å². The number of methoxy groups -OCH3 is 1. The number of ether oxygens (including phenoxy) is 2. The molecule has 1 amide bonds. The highest BCUT2D eigenvalue weighted by Gasteiger charge is 2.15. The molecule has 2 rings (SSSR count). The van der Waals surface area contributed by atoms with Crippen LogP contribution in [0.25, 0.3) is 0 Å². The lowest BCUT2D eigenvalue weighted by molar-refractivity contribution is 0.0526. The molecule has 126 valence electrons. The van der Waals surface area contributed by atoms with E-state index in [9.17, 15) is 9.59 Å². The van der Waals surface area contributed by atoms with E-state index in [-0.39, 0.29) is 24.6 Å². The van der Waals surface area contributed by atoms with Crippen LogP contribution >= 0.6 is 0 Å². The minimum atomic E-state index is -0.506. The third-order valence-electron chi connectivity index (χ3n) is 3.26. The Kier molecular flexibility index (Phi) is 5.83. The molecule has 0 unspecified atom stereocenters. The van der Waals surface area contributed by atoms with Gasteiger partial charge in [0.1, 0.15) is 0 Å². The first-order chi connectivity index (χ1) is 11.5. The Balaban J connectivity index is 2.11. The predicted molar refractivity (Wildman–Crippen MR) is 86.9 cm³/mol. The fourth-order valence-electron chi connectivity index (χ4n) is 2.02. The van der Waals surface area contributed by atoms with E-state index in [1.807, 2.05) is 0 Å². The third kappa shape index (κ3) is 4.28. The summed E-state index contributed by atoms with van der Waals surface area (Å²) >= 11 is 0. The van der Waals surface area contributed by atoms with E-state index in [0.29, 0.717) is 22.8 Å². The van der Waals surface area contributed by atoms with Crippen LogP contribution in [0, 0.1) is 6.92 Å². The minimum Gasteiger partial charge on any atom is -0.481 e. The molecule has 0 aliphatic rings. The van der Waals surface area contributed by atoms with Crippen molar-refractivity contribution in [3.8, 4) is 5.88 Å². The molecule has 1 N–H and O–H groups in total. The number of aryl methyl sites for hydroxylation is 1. The lowest BCUT2D eigenvalue weighted by atomic mass is 10.1. The molecule has 0 aromatic carbocycles. The first kappa shape index (κ1) is 17.4. The van der Waals surface area contributed by atoms with Gasteiger partial charge in [-0.3, -0.25) is 9.78 Å². The molecular weight excluding hydrogens is 310 g/mol. The van der Waals surface area contributed by atoms with Crippen molar-refractivity contribution < 1.29 is 19.1 Å². The van der Waals surface area contributed by atoms with Crippen molar-refractivity contribution in [1.82, 2.24) is 15.3 Å². The summed E-state index contributed by atoms with van der Waals surface area (Å²) in [5, 5.41) is 2.76. The van der Waals surface area contributed by atoms with E-state index in [1.165, 1.54) is 19.4 Å². The van der Waals surface area contributed by atoms with Crippen LogP contribution < -0.4 is 10.1 Å². The highest BCUT2D eigenvalue weighted by atomic mass is 16.5. The Morgan fingerprint density at radius 2 is 2.08 bits per heavy atom. The summed E-state index contributed by atoms with van der Waals surface area (Å²) in [6.45, 7) is 3.91. The Morgan fingerprint density at radius 3 is 2.79 bits per heavy atom. The highest BCUT2D eigenvalue weighted by Crippen LogP contribution is 2.11. The van der Waals surface area contributed by atoms with Crippen molar-refractivity contribution in [3.63, 3.8) is 0 Å². The van der Waals surface area contributed by atoms with E-state index < -0.39 is 5.97 Å². The highest BCUT2D eigenvalue weighted by molar-refractivity contribution is 5.98. The number of nitrogens with zero attached hydrogens (tertiary/aromatic N) is 2. The van der Waals surface area contributed by atoms with Crippen molar-refractivity contribution in [2.75, 3.05) is 13.7 Å². The predicted octanol–water partition coefficient (Wildman–Crippen LogP) is 1.90. The summed E-state index contributed by atoms with van der Waals surface area (Å²) in [7, 11) is 1.53. The molecule has 2 heterocycles. The molecule has 2 aromatic rings. The van der Waals surface area contributed by atoms with Gasteiger partial charge in [0.25, 0.3) is 5.91 Å². The molecule has 0 bridgehead atoms. The average Bonchev–Trinajstić information content (AvgIpc) is 2.60. The SMILES string of the molecule is CCOC(=O)c1cnc(C)c(C(=O)NCc2cccc(OC)n2)c1. The zero-order chi connectivity index (χ0) is 17.5. The lowest BCUT2D eigenvalue weighted by Crippen LogP contribution is -2.25. The van der Waals surface area contributed by atoms with Gasteiger partial charge in [-0.25, -0.2) is 9.78 Å². The Morgan fingerprint density at radius 1 is 1.29 bits per heavy atom. The zero-order valence-corrected chi connectivity index (χ0v) is 13.8. The summed E-state index contributed by atoms with van der Waals surface area (Å²) in [4.78, 5) is 32.4. The van der Waals surface area contributed by atoms with Crippen molar-refractivity contribution >= 4 is 11.9 Å². The smallest absolute Gasteiger partial charge is 0.339 e. The third-order valence-corrected chi connectivity index (χ3v) is 3.26. The molecule has 7 heteroatoms. The van der Waals surface area contributed by atoms with E-state index >= 15 is 0 Å². The van der Waals surface area contributed by atoms with Crippen molar-refractivity contribution in [1.29, 1.82) is 0 Å². The van der Waals surface area contributed by atoms with Gasteiger partial charge in [0.05, 0.1) is 42.8 Å². The largest absolute Gasteiger partial charge is 0.481 e. The van der Waals surface area contributed by atoms with Crippen molar-refractivity contribution in [2.45, 2.75) is 20.4 Å². The molecular formula is C17H19N3O4. The normalized spacial score (nSPS) is 10.1. The van der Waals surface area contributed by atoms with Gasteiger partial charge >= 0.3 is 5.97 Å². The van der Waals surface area contributed by atoms with E-state index in [2.05, 4.69) is 15.3 Å². The number of nitrogens with one attached hydrogen (secondary N) is 1. The van der Waals surface area contributed by atoms with Gasteiger partial charge in [-0.05, 0) is 26.0 Å². The first-order valence-corrected chi connectivity index (χ1v) is 7.47. The molecule has 2 aromatic heterocycles. The summed E-state index contributed by atoms with van der Waals surface area (Å²) in [6, 6.07) is 6.78. The van der Waals surface area contributed by atoms with Gasteiger partial charge < -0.3 is 14.8 Å². The van der Waals surface area contributed by atoms with Gasteiger partial charge in [-0.15, -0.1) is 0 Å². The Labute approximate surface area is 140 Å². The van der Waals surface area contributed by atoms with Gasteiger partial charge in [0.2, 0.25) is 5.88 Å². The molecule has 0 fully saturated rings. The second-order valence-corrected chi connectivity index (χ2v) is 4.93. The first-order valence-electron chi connectivity index (χ1n) is 7.47. The number of hydrogen-bond donors (Lipinski definition) is 1. The van der Waals surface area contributed by atoms with Crippen LogP contribution in [-0.2, 0) is 11.3 Å². The fraction of sp³-hybridized carbons (Fsp3) is 0.294. The zero-order valence-electron chi connectivity index (χ0n) is 13.8. The molecule has 0 aliphatic heterocycles. The topological polar surface area (TPSA) is 90.4 Å². The number of carbonyl (C=O) groups is 2. The maximum Gasteiger partial charge on any atom is 0.339 e. The van der Waals surface area contributed by atoms with Crippen LogP contribution in [0.2, 0.25) is 0 Å². The van der Waals surface area contributed by atoms with Crippen LogP contribution in [0.5, 0.6) is 5.88 Å². The Hall–Kier alpha value is -2.96. The molecule has 0 saturated heterocycles. The van der Waals surface area contributed by atoms with Crippen molar-refractivity contribution in [2.24, 2.45) is 0 Å². The number of esters is 1. The van der Waals surface area contributed by atoms with E-state index in [4.69, 9.17) is 9.47 Å². The average molecular weight is 329 g/mol. The number of pyridine rings is 2. The number of carbonyl (C=O) groups excluding carboxylic acids is 2. The molecule has 0 aliphatic carbocycles. The summed E-state index contributed by atoms with van der Waals surface area (Å²) in [6.07, 6.45) is 1.40. The molecule has 0 radical (unpaired) electrons. The number of hydrogen-bond acceptors (Lipinski definition) is 6. The van der Waals surface area contributed by atoms with Gasteiger partial charge in [0.15, 0.2) is 0 Å². The van der Waals surface area contributed by atoms with Crippen LogP contribution in [0.3, 0.4) is 0 Å². The van der Waals surface area contributed by atoms with E-state index in [1.54, 1.807) is 32.0 Å². The molecule has 7 nitrogen and oxygen atoms in total. The number of amides is 1. The summed E-state index contributed by atoms with van der Waals surface area (Å²) in [5.41, 5.74) is 1.75. The van der Waals surface area contributed by atoms with Gasteiger partial charge in [-0.1, -0.05) is 6.07 Å². The Bertz CT molecular complexity index is 746. The van der Waals surface area contributed by atoms with Crippen molar-refractivity contribution in [3.05, 3.63) is 53.0 Å². The summed E-state index contributed by atoms with van der Waals surface area (Å²) < 4.78 is 9.97. The lowest BCUT2D eigenvalue weighted by Gasteiger charge is -2.09. The van der Waals surface area contributed by atoms with Crippen LogP contribution in [0.4, 0.5) is 0 Å². The van der Waals surface area contributed by atoms with Crippen LogP contribution in [0.15, 0.2) is 30.5 Å². The second-order valence-electron chi connectivity index (χ2n) is 4.93. The molecule has 0 spiro atoms. The van der Waals surface area contributed by atoms with E-state index in [0.717, 1.165) is 0 Å². The molecule has 24 heavy (non-hydrogen) atoms. The number of rotatable bonds is 6. The van der Waals surface area contributed by atoms with Crippen LogP contribution in [0.1, 0.15) is 39.0 Å². The van der Waals surface area contributed by atoms with Gasteiger partial charge in [-0.2, -0.15) is 0 Å². The quantitative estimate of drug-likeness (QED) is 0.814. The number of aromatic nitrogens is 2.